The monoisotopic (exact) mass is 130 g/mol. The Morgan fingerprint density at radius 1 is 1.38 bits per heavy atom. The van der Waals surface area contributed by atoms with E-state index in [2.05, 4.69) is 0 Å². The zero-order chi connectivity index (χ0) is 6.57. The van der Waals surface area contributed by atoms with Crippen molar-refractivity contribution < 1.29 is 0 Å². The molecule has 0 aromatic heterocycles. The first-order valence-corrected chi connectivity index (χ1v) is 3.01. The van der Waals surface area contributed by atoms with E-state index in [4.69, 9.17) is 11.6 Å². The molecule has 8 heavy (non-hydrogen) atoms. The van der Waals surface area contributed by atoms with Gasteiger partial charge in [-0.2, -0.15) is 0 Å². The highest BCUT2D eigenvalue weighted by Crippen LogP contribution is 2.05. The highest BCUT2D eigenvalue weighted by molar-refractivity contribution is 6.31. The topological polar surface area (TPSA) is 0 Å². The average molecular weight is 131 g/mol. The first-order valence-electron chi connectivity index (χ1n) is 2.63. The van der Waals surface area contributed by atoms with Gasteiger partial charge in [-0.25, -0.2) is 0 Å². The Labute approximate surface area is 55.9 Å². The maximum atomic E-state index is 5.64. The summed E-state index contributed by atoms with van der Waals surface area (Å²) in [5.74, 6) is 0. The summed E-state index contributed by atoms with van der Waals surface area (Å²) in [6.07, 6.45) is 3.80. The first kappa shape index (κ1) is 7.77. The number of rotatable bonds is 1. The third-order valence-corrected chi connectivity index (χ3v) is 1.03. The second kappa shape index (κ2) is 3.73. The van der Waals surface area contributed by atoms with Gasteiger partial charge in [0.1, 0.15) is 0 Å². The van der Waals surface area contributed by atoms with Gasteiger partial charge in [0.15, 0.2) is 0 Å². The fraction of sp³-hybridized carbons (Fsp3) is 0.429. The van der Waals surface area contributed by atoms with Crippen molar-refractivity contribution in [3.8, 4) is 0 Å². The second-order valence-electron chi connectivity index (χ2n) is 1.90. The minimum atomic E-state index is 0.810. The quantitative estimate of drug-likeness (QED) is 0.479. The van der Waals surface area contributed by atoms with Crippen LogP contribution in [0.4, 0.5) is 0 Å². The van der Waals surface area contributed by atoms with Crippen LogP contribution in [0.15, 0.2) is 22.8 Å². The molecule has 0 spiro atoms. The summed E-state index contributed by atoms with van der Waals surface area (Å²) in [5, 5.41) is 0.810. The van der Waals surface area contributed by atoms with E-state index in [1.165, 1.54) is 5.57 Å². The molecular formula is C7H11Cl. The van der Waals surface area contributed by atoms with E-state index in [1.807, 2.05) is 32.9 Å². The van der Waals surface area contributed by atoms with Crippen molar-refractivity contribution >= 4 is 11.6 Å². The second-order valence-corrected chi connectivity index (χ2v) is 2.33. The van der Waals surface area contributed by atoms with Crippen molar-refractivity contribution in [3.63, 3.8) is 0 Å². The standard InChI is InChI=1S/C7H11Cl/c1-4-7(8)5-6(2)3/h4-5H,1-3H3/b7-4+. The zero-order valence-electron chi connectivity index (χ0n) is 5.53. The van der Waals surface area contributed by atoms with Gasteiger partial charge >= 0.3 is 0 Å². The van der Waals surface area contributed by atoms with E-state index in [0.717, 1.165) is 5.03 Å². The lowest BCUT2D eigenvalue weighted by molar-refractivity contribution is 1.38. The molecule has 0 nitrogen and oxygen atoms in total. The lowest BCUT2D eigenvalue weighted by Crippen LogP contribution is -1.64. The molecule has 0 N–H and O–H groups in total. The minimum absolute atomic E-state index is 0.810. The molecule has 0 heterocycles. The van der Waals surface area contributed by atoms with Crippen LogP contribution in [-0.2, 0) is 0 Å². The van der Waals surface area contributed by atoms with Crippen LogP contribution in [0.5, 0.6) is 0 Å². The van der Waals surface area contributed by atoms with Gasteiger partial charge in [0.25, 0.3) is 0 Å². The molecule has 0 bridgehead atoms. The van der Waals surface area contributed by atoms with E-state index in [-0.39, 0.29) is 0 Å². The van der Waals surface area contributed by atoms with Crippen LogP contribution >= 0.6 is 11.6 Å². The van der Waals surface area contributed by atoms with Crippen molar-refractivity contribution in [2.75, 3.05) is 0 Å². The Kier molecular flexibility index (Phi) is 3.63. The molecule has 0 aliphatic carbocycles. The van der Waals surface area contributed by atoms with E-state index >= 15 is 0 Å². The molecule has 0 fully saturated rings. The Morgan fingerprint density at radius 2 is 1.88 bits per heavy atom. The summed E-state index contributed by atoms with van der Waals surface area (Å²) in [6.45, 7) is 5.96. The molecule has 1 heteroatoms. The maximum Gasteiger partial charge on any atom is 0.0362 e. The van der Waals surface area contributed by atoms with Gasteiger partial charge in [-0.3, -0.25) is 0 Å². The molecule has 46 valence electrons. The molecule has 0 saturated carbocycles. The number of hydrogen-bond donors (Lipinski definition) is 0. The Morgan fingerprint density at radius 3 is 2.00 bits per heavy atom. The molecule has 0 radical (unpaired) electrons. The van der Waals surface area contributed by atoms with Crippen molar-refractivity contribution in [1.82, 2.24) is 0 Å². The number of halogens is 1. The van der Waals surface area contributed by atoms with Crippen molar-refractivity contribution in [2.24, 2.45) is 0 Å². The molecule has 0 saturated heterocycles. The van der Waals surface area contributed by atoms with Crippen LogP contribution in [0.2, 0.25) is 0 Å². The fourth-order valence-electron chi connectivity index (χ4n) is 0.359. The molecule has 0 aliphatic heterocycles. The van der Waals surface area contributed by atoms with Gasteiger partial charge in [0.2, 0.25) is 0 Å². The number of hydrogen-bond acceptors (Lipinski definition) is 0. The fourth-order valence-corrected chi connectivity index (χ4v) is 0.577. The van der Waals surface area contributed by atoms with Gasteiger partial charge in [0, 0.05) is 5.03 Å². The van der Waals surface area contributed by atoms with Gasteiger partial charge < -0.3 is 0 Å². The van der Waals surface area contributed by atoms with E-state index in [1.54, 1.807) is 0 Å². The smallest absolute Gasteiger partial charge is 0.0362 e. The Balaban J connectivity index is 3.89. The maximum absolute atomic E-state index is 5.64. The summed E-state index contributed by atoms with van der Waals surface area (Å²) in [5.41, 5.74) is 1.23. The van der Waals surface area contributed by atoms with Crippen LogP contribution in [0.3, 0.4) is 0 Å². The van der Waals surface area contributed by atoms with Gasteiger partial charge in [0.05, 0.1) is 0 Å². The average Bonchev–Trinajstić information content (AvgIpc) is 1.65. The predicted molar refractivity (Wildman–Crippen MR) is 39.0 cm³/mol. The molecular weight excluding hydrogens is 120 g/mol. The summed E-state index contributed by atoms with van der Waals surface area (Å²) in [4.78, 5) is 0. The first-order chi connectivity index (χ1) is 3.66. The zero-order valence-corrected chi connectivity index (χ0v) is 6.29. The summed E-state index contributed by atoms with van der Waals surface area (Å²) < 4.78 is 0. The third-order valence-electron chi connectivity index (χ3n) is 0.702. The largest absolute Gasteiger partial charge is 0.0847 e. The van der Waals surface area contributed by atoms with Crippen LogP contribution < -0.4 is 0 Å². The van der Waals surface area contributed by atoms with Crippen LogP contribution in [-0.4, -0.2) is 0 Å². The molecule has 0 aromatic rings. The summed E-state index contributed by atoms with van der Waals surface area (Å²) >= 11 is 5.64. The van der Waals surface area contributed by atoms with Crippen LogP contribution in [0.1, 0.15) is 20.8 Å². The van der Waals surface area contributed by atoms with Gasteiger partial charge in [-0.15, -0.1) is 0 Å². The van der Waals surface area contributed by atoms with E-state index in [0.29, 0.717) is 0 Å². The summed E-state index contributed by atoms with van der Waals surface area (Å²) in [6, 6.07) is 0. The molecule has 0 atom stereocenters. The van der Waals surface area contributed by atoms with Crippen molar-refractivity contribution in [2.45, 2.75) is 20.8 Å². The van der Waals surface area contributed by atoms with Crippen LogP contribution in [0, 0.1) is 0 Å². The van der Waals surface area contributed by atoms with Crippen molar-refractivity contribution in [1.29, 1.82) is 0 Å². The molecule has 0 aromatic carbocycles. The highest BCUT2D eigenvalue weighted by atomic mass is 35.5. The lowest BCUT2D eigenvalue weighted by atomic mass is 10.3. The predicted octanol–water partition coefficient (Wildman–Crippen LogP) is 3.10. The normalized spacial score (nSPS) is 11.2. The lowest BCUT2D eigenvalue weighted by Gasteiger charge is -1.86. The minimum Gasteiger partial charge on any atom is -0.0847 e. The van der Waals surface area contributed by atoms with E-state index in [9.17, 15) is 0 Å². The molecule has 0 unspecified atom stereocenters. The highest BCUT2D eigenvalue weighted by Gasteiger charge is 1.79. The van der Waals surface area contributed by atoms with Gasteiger partial charge in [-0.1, -0.05) is 23.3 Å². The Bertz CT molecular complexity index is 116. The van der Waals surface area contributed by atoms with Crippen LogP contribution in [0.25, 0.3) is 0 Å². The molecule has 0 amide bonds. The third kappa shape index (κ3) is 3.94. The van der Waals surface area contributed by atoms with Gasteiger partial charge in [-0.05, 0) is 26.8 Å². The summed E-state index contributed by atoms with van der Waals surface area (Å²) in [7, 11) is 0. The number of allylic oxidation sites excluding steroid dienone is 4. The van der Waals surface area contributed by atoms with E-state index < -0.39 is 0 Å². The Hall–Kier alpha value is -0.230. The molecule has 0 rings (SSSR count). The van der Waals surface area contributed by atoms with Crippen molar-refractivity contribution in [3.05, 3.63) is 22.8 Å². The molecule has 0 aliphatic rings. The SMILES string of the molecule is C/C=C(/Cl)C=C(C)C.